The van der Waals surface area contributed by atoms with Crippen molar-refractivity contribution >= 4 is 22.3 Å². The second-order valence-corrected chi connectivity index (χ2v) is 5.46. The zero-order valence-electron chi connectivity index (χ0n) is 10.7. The highest BCUT2D eigenvalue weighted by Gasteiger charge is 2.40. The molecule has 3 heterocycles. The van der Waals surface area contributed by atoms with Crippen molar-refractivity contribution in [1.82, 2.24) is 4.98 Å². The van der Waals surface area contributed by atoms with Crippen molar-refractivity contribution < 1.29 is 4.74 Å². The molecule has 3 atom stereocenters. The number of rotatable bonds is 2. The van der Waals surface area contributed by atoms with E-state index in [9.17, 15) is 0 Å². The highest BCUT2D eigenvalue weighted by atomic mass is 16.5. The van der Waals surface area contributed by atoms with Gasteiger partial charge in [0.2, 0.25) is 0 Å². The lowest BCUT2D eigenvalue weighted by atomic mass is 9.95. The molecule has 4 rings (SSSR count). The van der Waals surface area contributed by atoms with Crippen molar-refractivity contribution in [1.29, 1.82) is 0 Å². The molecule has 0 saturated carbocycles. The fourth-order valence-electron chi connectivity index (χ4n) is 3.31. The number of hydrogen-bond acceptors (Lipinski definition) is 4. The molecule has 2 bridgehead atoms. The van der Waals surface area contributed by atoms with Crippen LogP contribution in [0.4, 0.5) is 11.4 Å². The van der Waals surface area contributed by atoms with Crippen LogP contribution in [0.3, 0.4) is 0 Å². The van der Waals surface area contributed by atoms with E-state index in [0.717, 1.165) is 28.7 Å². The lowest BCUT2D eigenvalue weighted by Gasteiger charge is -2.22. The van der Waals surface area contributed by atoms with E-state index >= 15 is 0 Å². The first kappa shape index (κ1) is 11.1. The molecule has 4 nitrogen and oxygen atoms in total. The maximum absolute atomic E-state index is 5.98. The molecule has 98 valence electrons. The third-order valence-corrected chi connectivity index (χ3v) is 4.25. The number of nitrogens with two attached hydrogens (primary N) is 1. The van der Waals surface area contributed by atoms with Gasteiger partial charge in [-0.1, -0.05) is 0 Å². The molecule has 2 aliphatic rings. The summed E-state index contributed by atoms with van der Waals surface area (Å²) in [5, 5.41) is 4.71. The van der Waals surface area contributed by atoms with Crippen LogP contribution in [-0.4, -0.2) is 23.2 Å². The quantitative estimate of drug-likeness (QED) is 0.810. The van der Waals surface area contributed by atoms with Crippen LogP contribution in [0.25, 0.3) is 10.9 Å². The van der Waals surface area contributed by atoms with Gasteiger partial charge >= 0.3 is 0 Å². The lowest BCUT2D eigenvalue weighted by Crippen LogP contribution is -2.30. The Kier molecular flexibility index (Phi) is 2.38. The molecule has 2 saturated heterocycles. The van der Waals surface area contributed by atoms with Gasteiger partial charge in [0, 0.05) is 17.3 Å². The number of fused-ring (bicyclic) bond motifs is 3. The molecule has 1 aromatic heterocycles. The smallest absolute Gasteiger partial charge is 0.0951 e. The standard InChI is InChI=1S/C15H17N3O/c16-11-4-5-12(10-2-1-7-17-15(10)11)18-13-8-9-3-6-14(13)19-9/h1-2,4-5,7,9,13-14,18H,3,6,8,16H2. The fraction of sp³-hybridized carbons (Fsp3) is 0.400. The molecule has 3 unspecified atom stereocenters. The van der Waals surface area contributed by atoms with Crippen molar-refractivity contribution in [3.05, 3.63) is 30.5 Å². The highest BCUT2D eigenvalue weighted by molar-refractivity contribution is 5.98. The summed E-state index contributed by atoms with van der Waals surface area (Å²) < 4.78 is 5.89. The minimum absolute atomic E-state index is 0.370. The van der Waals surface area contributed by atoms with E-state index in [1.807, 2.05) is 18.2 Å². The Morgan fingerprint density at radius 1 is 1.26 bits per heavy atom. The average Bonchev–Trinajstić information content (AvgIpc) is 3.05. The zero-order chi connectivity index (χ0) is 12.8. The summed E-state index contributed by atoms with van der Waals surface area (Å²) in [6, 6.07) is 8.40. The third kappa shape index (κ3) is 1.75. The zero-order valence-corrected chi connectivity index (χ0v) is 10.7. The summed E-state index contributed by atoms with van der Waals surface area (Å²) in [5.41, 5.74) is 8.69. The Hall–Kier alpha value is -1.81. The van der Waals surface area contributed by atoms with Gasteiger partial charge in [-0.15, -0.1) is 0 Å². The van der Waals surface area contributed by atoms with Crippen LogP contribution < -0.4 is 11.1 Å². The van der Waals surface area contributed by atoms with Crippen molar-refractivity contribution in [3.63, 3.8) is 0 Å². The van der Waals surface area contributed by atoms with E-state index in [1.54, 1.807) is 6.20 Å². The van der Waals surface area contributed by atoms with Crippen molar-refractivity contribution in [2.75, 3.05) is 11.1 Å². The topological polar surface area (TPSA) is 60.2 Å². The van der Waals surface area contributed by atoms with Gasteiger partial charge in [0.1, 0.15) is 0 Å². The van der Waals surface area contributed by atoms with E-state index < -0.39 is 0 Å². The third-order valence-electron chi connectivity index (χ3n) is 4.25. The molecule has 19 heavy (non-hydrogen) atoms. The van der Waals surface area contributed by atoms with Crippen molar-refractivity contribution in [3.8, 4) is 0 Å². The van der Waals surface area contributed by atoms with Gasteiger partial charge < -0.3 is 15.8 Å². The number of benzene rings is 1. The predicted molar refractivity (Wildman–Crippen MR) is 76.1 cm³/mol. The molecule has 0 spiro atoms. The Bertz CT molecular complexity index is 628. The summed E-state index contributed by atoms with van der Waals surface area (Å²) in [5.74, 6) is 0. The van der Waals surface area contributed by atoms with Gasteiger partial charge in [-0.3, -0.25) is 4.98 Å². The molecule has 4 heteroatoms. The molecule has 2 fully saturated rings. The van der Waals surface area contributed by atoms with E-state index in [1.165, 1.54) is 12.8 Å². The van der Waals surface area contributed by atoms with Crippen LogP contribution in [-0.2, 0) is 4.74 Å². The number of aromatic nitrogens is 1. The van der Waals surface area contributed by atoms with Crippen LogP contribution in [0.15, 0.2) is 30.5 Å². The van der Waals surface area contributed by atoms with Gasteiger partial charge in [0.05, 0.1) is 29.5 Å². The number of nitrogens with zero attached hydrogens (tertiary/aromatic N) is 1. The molecule has 1 aromatic carbocycles. The lowest BCUT2D eigenvalue weighted by molar-refractivity contribution is 0.102. The van der Waals surface area contributed by atoms with Crippen LogP contribution >= 0.6 is 0 Å². The van der Waals surface area contributed by atoms with Crippen LogP contribution in [0.1, 0.15) is 19.3 Å². The molecular weight excluding hydrogens is 238 g/mol. The molecule has 2 aliphatic heterocycles. The fourth-order valence-corrected chi connectivity index (χ4v) is 3.31. The molecule has 0 radical (unpaired) electrons. The van der Waals surface area contributed by atoms with E-state index in [2.05, 4.69) is 16.4 Å². The van der Waals surface area contributed by atoms with E-state index in [0.29, 0.717) is 18.2 Å². The maximum Gasteiger partial charge on any atom is 0.0951 e. The van der Waals surface area contributed by atoms with Crippen molar-refractivity contribution in [2.24, 2.45) is 0 Å². The predicted octanol–water partition coefficient (Wildman–Crippen LogP) is 2.55. The van der Waals surface area contributed by atoms with Gasteiger partial charge in [-0.2, -0.15) is 0 Å². The summed E-state index contributed by atoms with van der Waals surface area (Å²) >= 11 is 0. The van der Waals surface area contributed by atoms with Gasteiger partial charge in [0.15, 0.2) is 0 Å². The SMILES string of the molecule is Nc1ccc(NC2CC3CCC2O3)c2cccnc12. The van der Waals surface area contributed by atoms with Crippen LogP contribution in [0.2, 0.25) is 0 Å². The molecule has 0 amide bonds. The van der Waals surface area contributed by atoms with E-state index in [-0.39, 0.29) is 0 Å². The average molecular weight is 255 g/mol. The minimum atomic E-state index is 0.370. The second-order valence-electron chi connectivity index (χ2n) is 5.46. The second kappa shape index (κ2) is 4.10. The highest BCUT2D eigenvalue weighted by Crippen LogP contribution is 2.37. The number of pyridine rings is 1. The van der Waals surface area contributed by atoms with Crippen molar-refractivity contribution in [2.45, 2.75) is 37.5 Å². The van der Waals surface area contributed by atoms with Gasteiger partial charge in [0.25, 0.3) is 0 Å². The Morgan fingerprint density at radius 3 is 3.00 bits per heavy atom. The summed E-state index contributed by atoms with van der Waals surface area (Å²) in [7, 11) is 0. The summed E-state index contributed by atoms with van der Waals surface area (Å²) in [6.45, 7) is 0. The first-order chi connectivity index (χ1) is 9.31. The maximum atomic E-state index is 5.98. The number of nitrogen functional groups attached to an aromatic ring is 1. The van der Waals surface area contributed by atoms with E-state index in [4.69, 9.17) is 10.5 Å². The van der Waals surface area contributed by atoms with Crippen LogP contribution in [0.5, 0.6) is 0 Å². The molecule has 2 aromatic rings. The number of ether oxygens (including phenoxy) is 1. The Labute approximate surface area is 112 Å². The number of anilines is 2. The molecule has 3 N–H and O–H groups in total. The largest absolute Gasteiger partial charge is 0.397 e. The van der Waals surface area contributed by atoms with Gasteiger partial charge in [-0.05, 0) is 43.5 Å². The van der Waals surface area contributed by atoms with Gasteiger partial charge in [-0.25, -0.2) is 0 Å². The summed E-state index contributed by atoms with van der Waals surface area (Å²) in [6.07, 6.45) is 6.11. The minimum Gasteiger partial charge on any atom is -0.397 e. The van der Waals surface area contributed by atoms with Crippen LogP contribution in [0, 0.1) is 0 Å². The summed E-state index contributed by atoms with van der Waals surface area (Å²) in [4.78, 5) is 4.37. The Morgan fingerprint density at radius 2 is 2.21 bits per heavy atom. The normalized spacial score (nSPS) is 28.9. The molecule has 0 aliphatic carbocycles. The number of nitrogens with one attached hydrogen (secondary N) is 1. The Balaban J connectivity index is 1.70. The molecular formula is C15H17N3O. The first-order valence-corrected chi connectivity index (χ1v) is 6.86. The first-order valence-electron chi connectivity index (χ1n) is 6.86. The monoisotopic (exact) mass is 255 g/mol. The number of hydrogen-bond donors (Lipinski definition) is 2.